The van der Waals surface area contributed by atoms with E-state index in [2.05, 4.69) is 0 Å². The Hall–Kier alpha value is -0.590. The Morgan fingerprint density at radius 3 is 1.89 bits per heavy atom. The molecule has 3 atom stereocenters. The van der Waals surface area contributed by atoms with Crippen molar-refractivity contribution in [3.8, 4) is 6.07 Å². The molecule has 0 saturated heterocycles. The monoisotopic (exact) mass is 127 g/mol. The second kappa shape index (κ2) is 2.34. The summed E-state index contributed by atoms with van der Waals surface area (Å²) in [4.78, 5) is 0. The lowest BCUT2D eigenvalue weighted by atomic mass is 10.1. The molecule has 3 heteroatoms. The van der Waals surface area contributed by atoms with E-state index in [0.29, 0.717) is 12.8 Å². The van der Waals surface area contributed by atoms with Gasteiger partial charge in [-0.1, -0.05) is 0 Å². The van der Waals surface area contributed by atoms with Crippen molar-refractivity contribution in [1.82, 2.24) is 0 Å². The van der Waals surface area contributed by atoms with Crippen LogP contribution in [0.1, 0.15) is 12.8 Å². The first kappa shape index (κ1) is 6.53. The Morgan fingerprint density at radius 2 is 1.67 bits per heavy atom. The number of nitrogens with zero attached hydrogens (tertiary/aromatic N) is 1. The first-order valence-corrected chi connectivity index (χ1v) is 3.00. The third-order valence-electron chi connectivity index (χ3n) is 1.68. The fraction of sp³-hybridized carbons (Fsp3) is 0.833. The van der Waals surface area contributed by atoms with Crippen LogP contribution in [-0.4, -0.2) is 22.4 Å². The van der Waals surface area contributed by atoms with Gasteiger partial charge in [-0.15, -0.1) is 0 Å². The van der Waals surface area contributed by atoms with Gasteiger partial charge in [-0.05, 0) is 12.8 Å². The second-order valence-electron chi connectivity index (χ2n) is 2.43. The Kier molecular flexibility index (Phi) is 1.70. The molecule has 0 amide bonds. The van der Waals surface area contributed by atoms with Gasteiger partial charge >= 0.3 is 0 Å². The summed E-state index contributed by atoms with van der Waals surface area (Å²) in [6.45, 7) is 0. The van der Waals surface area contributed by atoms with E-state index in [4.69, 9.17) is 15.5 Å². The maximum atomic E-state index is 8.90. The van der Waals surface area contributed by atoms with Crippen molar-refractivity contribution in [2.24, 2.45) is 5.92 Å². The number of rotatable bonds is 0. The van der Waals surface area contributed by atoms with E-state index in [1.807, 2.05) is 6.07 Å². The summed E-state index contributed by atoms with van der Waals surface area (Å²) in [6, 6.07) is 2.00. The number of aliphatic hydroxyl groups is 2. The van der Waals surface area contributed by atoms with E-state index in [1.165, 1.54) is 0 Å². The number of aliphatic hydroxyl groups excluding tert-OH is 2. The van der Waals surface area contributed by atoms with Crippen molar-refractivity contribution in [3.63, 3.8) is 0 Å². The Balaban J connectivity index is 2.46. The van der Waals surface area contributed by atoms with Crippen molar-refractivity contribution in [2.45, 2.75) is 25.0 Å². The highest BCUT2D eigenvalue weighted by atomic mass is 16.3. The van der Waals surface area contributed by atoms with Gasteiger partial charge in [-0.3, -0.25) is 0 Å². The average molecular weight is 127 g/mol. The van der Waals surface area contributed by atoms with E-state index in [1.54, 1.807) is 0 Å². The lowest BCUT2D eigenvalue weighted by Gasteiger charge is -2.02. The lowest BCUT2D eigenvalue weighted by Crippen LogP contribution is -2.17. The van der Waals surface area contributed by atoms with Crippen LogP contribution in [0, 0.1) is 17.2 Å². The number of hydrogen-bond acceptors (Lipinski definition) is 3. The van der Waals surface area contributed by atoms with Crippen LogP contribution in [0.25, 0.3) is 0 Å². The van der Waals surface area contributed by atoms with Gasteiger partial charge in [0.1, 0.15) is 0 Å². The molecule has 0 aromatic rings. The third kappa shape index (κ3) is 1.21. The van der Waals surface area contributed by atoms with Crippen LogP contribution in [0.15, 0.2) is 0 Å². The fourth-order valence-electron chi connectivity index (χ4n) is 1.10. The minimum atomic E-state index is -0.672. The van der Waals surface area contributed by atoms with Gasteiger partial charge in [0, 0.05) is 0 Å². The second-order valence-corrected chi connectivity index (χ2v) is 2.43. The van der Waals surface area contributed by atoms with Crippen molar-refractivity contribution in [1.29, 1.82) is 5.26 Å². The van der Waals surface area contributed by atoms with E-state index in [9.17, 15) is 0 Å². The minimum Gasteiger partial charge on any atom is -0.390 e. The highest BCUT2D eigenvalue weighted by Crippen LogP contribution is 2.24. The van der Waals surface area contributed by atoms with Crippen LogP contribution in [-0.2, 0) is 0 Å². The smallest absolute Gasteiger partial charge is 0.0812 e. The molecule has 50 valence electrons. The van der Waals surface area contributed by atoms with E-state index >= 15 is 0 Å². The van der Waals surface area contributed by atoms with Gasteiger partial charge < -0.3 is 10.2 Å². The molecule has 0 bridgehead atoms. The SMILES string of the molecule is N#C[C@@H]1C[C@@H](O)[C@@H](O)C1. The molecular weight excluding hydrogens is 118 g/mol. The third-order valence-corrected chi connectivity index (χ3v) is 1.68. The molecule has 9 heavy (non-hydrogen) atoms. The molecule has 0 unspecified atom stereocenters. The predicted molar refractivity (Wildman–Crippen MR) is 30.4 cm³/mol. The topological polar surface area (TPSA) is 64.2 Å². The molecule has 0 aromatic carbocycles. The molecule has 0 spiro atoms. The van der Waals surface area contributed by atoms with Gasteiger partial charge in [0.05, 0.1) is 24.2 Å². The quantitative estimate of drug-likeness (QED) is 0.467. The van der Waals surface area contributed by atoms with Gasteiger partial charge in [0.2, 0.25) is 0 Å². The zero-order chi connectivity index (χ0) is 6.85. The highest BCUT2D eigenvalue weighted by Gasteiger charge is 2.30. The van der Waals surface area contributed by atoms with Crippen LogP contribution in [0.2, 0.25) is 0 Å². The molecule has 1 aliphatic rings. The summed E-state index contributed by atoms with van der Waals surface area (Å²) in [6.07, 6.45) is -0.487. The first-order valence-electron chi connectivity index (χ1n) is 3.00. The number of hydrogen-bond donors (Lipinski definition) is 2. The van der Waals surface area contributed by atoms with Crippen LogP contribution in [0.5, 0.6) is 0 Å². The molecule has 3 nitrogen and oxygen atoms in total. The van der Waals surface area contributed by atoms with Gasteiger partial charge in [0.15, 0.2) is 0 Å². The molecular formula is C6H9NO2. The molecule has 1 aliphatic carbocycles. The van der Waals surface area contributed by atoms with Crippen molar-refractivity contribution < 1.29 is 10.2 Å². The lowest BCUT2D eigenvalue weighted by molar-refractivity contribution is 0.0438. The van der Waals surface area contributed by atoms with Crippen LogP contribution in [0.3, 0.4) is 0 Å². The van der Waals surface area contributed by atoms with Gasteiger partial charge in [-0.25, -0.2) is 0 Å². The van der Waals surface area contributed by atoms with E-state index in [-0.39, 0.29) is 5.92 Å². The van der Waals surface area contributed by atoms with Gasteiger partial charge in [0.25, 0.3) is 0 Å². The Labute approximate surface area is 53.5 Å². The molecule has 0 radical (unpaired) electrons. The van der Waals surface area contributed by atoms with E-state index in [0.717, 1.165) is 0 Å². The molecule has 1 saturated carbocycles. The summed E-state index contributed by atoms with van der Waals surface area (Å²) >= 11 is 0. The minimum absolute atomic E-state index is 0.144. The Bertz CT molecular complexity index is 130. The molecule has 1 rings (SSSR count). The Morgan fingerprint density at radius 1 is 1.22 bits per heavy atom. The number of nitriles is 1. The standard InChI is InChI=1S/C6H9NO2/c7-3-4-1-5(8)6(9)2-4/h4-6,8-9H,1-2H2/t4-,5-,6+. The average Bonchev–Trinajstić information content (AvgIpc) is 2.13. The maximum Gasteiger partial charge on any atom is 0.0812 e. The summed E-state index contributed by atoms with van der Waals surface area (Å²) < 4.78 is 0. The van der Waals surface area contributed by atoms with Crippen LogP contribution in [0.4, 0.5) is 0 Å². The fourth-order valence-corrected chi connectivity index (χ4v) is 1.10. The molecule has 0 aliphatic heterocycles. The zero-order valence-electron chi connectivity index (χ0n) is 4.99. The normalized spacial score (nSPS) is 42.6. The van der Waals surface area contributed by atoms with Crippen molar-refractivity contribution in [2.75, 3.05) is 0 Å². The summed E-state index contributed by atoms with van der Waals surface area (Å²) in [5, 5.41) is 26.1. The maximum absolute atomic E-state index is 8.90. The van der Waals surface area contributed by atoms with Crippen LogP contribution >= 0.6 is 0 Å². The molecule has 0 aromatic heterocycles. The van der Waals surface area contributed by atoms with Crippen LogP contribution < -0.4 is 0 Å². The zero-order valence-corrected chi connectivity index (χ0v) is 4.99. The summed E-state index contributed by atoms with van der Waals surface area (Å²) in [5.41, 5.74) is 0. The first-order chi connectivity index (χ1) is 4.24. The van der Waals surface area contributed by atoms with E-state index < -0.39 is 12.2 Å². The summed E-state index contributed by atoms with van der Waals surface area (Å²) in [5.74, 6) is -0.144. The molecule has 2 N–H and O–H groups in total. The van der Waals surface area contributed by atoms with Crippen molar-refractivity contribution >= 4 is 0 Å². The largest absolute Gasteiger partial charge is 0.390 e. The predicted octanol–water partition coefficient (Wildman–Crippen LogP) is -0.358. The van der Waals surface area contributed by atoms with Gasteiger partial charge in [-0.2, -0.15) is 5.26 Å². The van der Waals surface area contributed by atoms with Crippen molar-refractivity contribution in [3.05, 3.63) is 0 Å². The molecule has 1 fully saturated rings. The highest BCUT2D eigenvalue weighted by molar-refractivity contribution is 4.94. The summed E-state index contributed by atoms with van der Waals surface area (Å²) in [7, 11) is 0. The molecule has 0 heterocycles.